The molecule has 2 heterocycles. The molecule has 0 N–H and O–H groups in total. The molecule has 0 bridgehead atoms. The van der Waals surface area contributed by atoms with Crippen molar-refractivity contribution in [2.75, 3.05) is 13.1 Å². The summed E-state index contributed by atoms with van der Waals surface area (Å²) in [4.78, 5) is 18.6. The number of aryl methyl sites for hydroxylation is 1. The summed E-state index contributed by atoms with van der Waals surface area (Å²) in [7, 11) is 0. The lowest BCUT2D eigenvalue weighted by molar-refractivity contribution is -0.133. The molecule has 0 spiro atoms. The zero-order chi connectivity index (χ0) is 16.1. The van der Waals surface area contributed by atoms with Gasteiger partial charge in [0.25, 0.3) is 0 Å². The van der Waals surface area contributed by atoms with Gasteiger partial charge in [-0.15, -0.1) is 0 Å². The van der Waals surface area contributed by atoms with Gasteiger partial charge in [0.05, 0.1) is 6.33 Å². The molecule has 1 fully saturated rings. The number of hydrogen-bond donors (Lipinski definition) is 0. The minimum absolute atomic E-state index is 0.267. The molecule has 1 amide bonds. The average molecular weight is 311 g/mol. The van der Waals surface area contributed by atoms with Gasteiger partial charge in [-0.25, -0.2) is 4.98 Å². The second kappa shape index (κ2) is 7.44. The summed E-state index contributed by atoms with van der Waals surface area (Å²) in [5.74, 6) is 1.41. The molecule has 0 radical (unpaired) electrons. The highest BCUT2D eigenvalue weighted by molar-refractivity contribution is 5.76. The second-order valence-corrected chi connectivity index (χ2v) is 6.36. The Labute approximate surface area is 138 Å². The highest BCUT2D eigenvalue weighted by Crippen LogP contribution is 2.34. The molecule has 2 atom stereocenters. The molecule has 1 aromatic carbocycles. The minimum Gasteiger partial charge on any atom is -0.342 e. The molecule has 0 saturated carbocycles. The molecular formula is C19H25N3O. The molecular weight excluding hydrogens is 286 g/mol. The summed E-state index contributed by atoms with van der Waals surface area (Å²) < 4.78 is 1.96. The van der Waals surface area contributed by atoms with Gasteiger partial charge >= 0.3 is 0 Å². The van der Waals surface area contributed by atoms with Gasteiger partial charge in [0.2, 0.25) is 5.91 Å². The lowest BCUT2D eigenvalue weighted by Gasteiger charge is -2.38. The fourth-order valence-corrected chi connectivity index (χ4v) is 3.61. The molecule has 23 heavy (non-hydrogen) atoms. The summed E-state index contributed by atoms with van der Waals surface area (Å²) in [6.07, 6.45) is 8.17. The van der Waals surface area contributed by atoms with E-state index < -0.39 is 0 Å². The predicted molar refractivity (Wildman–Crippen MR) is 91.0 cm³/mol. The SMILES string of the molecule is CCC1CN(C(=O)CCn2ccnc2)CCC1c1ccccc1. The number of imidazole rings is 1. The van der Waals surface area contributed by atoms with Crippen LogP contribution in [0.4, 0.5) is 0 Å². The number of aromatic nitrogens is 2. The van der Waals surface area contributed by atoms with Crippen LogP contribution in [0.5, 0.6) is 0 Å². The molecule has 122 valence electrons. The Bertz CT molecular complexity index is 609. The van der Waals surface area contributed by atoms with Gasteiger partial charge < -0.3 is 9.47 Å². The van der Waals surface area contributed by atoms with Gasteiger partial charge in [-0.3, -0.25) is 4.79 Å². The summed E-state index contributed by atoms with van der Waals surface area (Å²) in [5.41, 5.74) is 1.42. The average Bonchev–Trinajstić information content (AvgIpc) is 3.13. The maximum Gasteiger partial charge on any atom is 0.224 e. The number of rotatable bonds is 5. The second-order valence-electron chi connectivity index (χ2n) is 6.36. The topological polar surface area (TPSA) is 38.1 Å². The van der Waals surface area contributed by atoms with E-state index in [4.69, 9.17) is 0 Å². The monoisotopic (exact) mass is 311 g/mol. The fourth-order valence-electron chi connectivity index (χ4n) is 3.61. The largest absolute Gasteiger partial charge is 0.342 e. The Morgan fingerprint density at radius 2 is 2.13 bits per heavy atom. The van der Waals surface area contributed by atoms with Crippen LogP contribution in [-0.4, -0.2) is 33.4 Å². The molecule has 1 aliphatic rings. The van der Waals surface area contributed by atoms with Gasteiger partial charge in [-0.1, -0.05) is 43.7 Å². The number of carbonyl (C=O) groups is 1. The number of piperidine rings is 1. The first kappa shape index (κ1) is 15.8. The third-order valence-corrected chi connectivity index (χ3v) is 4.98. The van der Waals surface area contributed by atoms with Crippen molar-refractivity contribution in [3.63, 3.8) is 0 Å². The fraction of sp³-hybridized carbons (Fsp3) is 0.474. The van der Waals surface area contributed by atoms with Crippen LogP contribution in [0.3, 0.4) is 0 Å². The van der Waals surface area contributed by atoms with Gasteiger partial charge in [-0.05, 0) is 23.8 Å². The number of benzene rings is 1. The van der Waals surface area contributed by atoms with Gasteiger partial charge in [-0.2, -0.15) is 0 Å². The number of carbonyl (C=O) groups excluding carboxylic acids is 1. The van der Waals surface area contributed by atoms with E-state index in [1.165, 1.54) is 5.56 Å². The van der Waals surface area contributed by atoms with Gasteiger partial charge in [0.1, 0.15) is 0 Å². The molecule has 4 heteroatoms. The molecule has 1 aromatic heterocycles. The number of nitrogens with zero attached hydrogens (tertiary/aromatic N) is 3. The van der Waals surface area contributed by atoms with Crippen molar-refractivity contribution in [1.29, 1.82) is 0 Å². The van der Waals surface area contributed by atoms with Crippen LogP contribution in [0.2, 0.25) is 0 Å². The first-order chi connectivity index (χ1) is 11.3. The van der Waals surface area contributed by atoms with Crippen LogP contribution in [0.25, 0.3) is 0 Å². The molecule has 2 aromatic rings. The highest BCUT2D eigenvalue weighted by Gasteiger charge is 2.30. The lowest BCUT2D eigenvalue weighted by Crippen LogP contribution is -2.43. The Balaban J connectivity index is 1.58. The third kappa shape index (κ3) is 3.81. The van der Waals surface area contributed by atoms with Crippen LogP contribution in [0.1, 0.15) is 37.7 Å². The smallest absolute Gasteiger partial charge is 0.224 e. The Morgan fingerprint density at radius 1 is 1.30 bits per heavy atom. The highest BCUT2D eigenvalue weighted by atomic mass is 16.2. The van der Waals surface area contributed by atoms with Crippen molar-refractivity contribution >= 4 is 5.91 Å². The van der Waals surface area contributed by atoms with E-state index in [0.717, 1.165) is 25.9 Å². The minimum atomic E-state index is 0.267. The summed E-state index contributed by atoms with van der Waals surface area (Å²) in [5, 5.41) is 0. The maximum atomic E-state index is 12.5. The van der Waals surface area contributed by atoms with Crippen LogP contribution in [0.15, 0.2) is 49.1 Å². The van der Waals surface area contributed by atoms with E-state index in [1.807, 2.05) is 10.8 Å². The van der Waals surface area contributed by atoms with E-state index in [0.29, 0.717) is 24.8 Å². The normalized spacial score (nSPS) is 21.3. The van der Waals surface area contributed by atoms with E-state index in [2.05, 4.69) is 47.1 Å². The predicted octanol–water partition coefficient (Wildman–Crippen LogP) is 3.32. The van der Waals surface area contributed by atoms with E-state index in [-0.39, 0.29) is 5.91 Å². The third-order valence-electron chi connectivity index (χ3n) is 4.98. The van der Waals surface area contributed by atoms with E-state index in [1.54, 1.807) is 12.5 Å². The number of likely N-dealkylation sites (tertiary alicyclic amines) is 1. The molecule has 1 saturated heterocycles. The van der Waals surface area contributed by atoms with Crippen molar-refractivity contribution in [3.05, 3.63) is 54.6 Å². The quantitative estimate of drug-likeness (QED) is 0.849. The molecule has 0 aliphatic carbocycles. The van der Waals surface area contributed by atoms with Crippen molar-refractivity contribution in [2.24, 2.45) is 5.92 Å². The van der Waals surface area contributed by atoms with Crippen LogP contribution in [0, 0.1) is 5.92 Å². The zero-order valence-corrected chi connectivity index (χ0v) is 13.8. The van der Waals surface area contributed by atoms with E-state index in [9.17, 15) is 4.79 Å². The van der Waals surface area contributed by atoms with Gasteiger partial charge in [0, 0.05) is 38.4 Å². The molecule has 2 unspecified atom stereocenters. The van der Waals surface area contributed by atoms with Gasteiger partial charge in [0.15, 0.2) is 0 Å². The summed E-state index contributed by atoms with van der Waals surface area (Å²) >= 11 is 0. The number of hydrogen-bond acceptors (Lipinski definition) is 2. The Morgan fingerprint density at radius 3 is 2.83 bits per heavy atom. The Kier molecular flexibility index (Phi) is 5.11. The zero-order valence-electron chi connectivity index (χ0n) is 13.8. The summed E-state index contributed by atoms with van der Waals surface area (Å²) in [6, 6.07) is 10.8. The molecule has 1 aliphatic heterocycles. The van der Waals surface area contributed by atoms with Crippen LogP contribution in [-0.2, 0) is 11.3 Å². The number of amides is 1. The first-order valence-electron chi connectivity index (χ1n) is 8.56. The van der Waals surface area contributed by atoms with Crippen molar-refractivity contribution < 1.29 is 4.79 Å². The Hall–Kier alpha value is -2.10. The van der Waals surface area contributed by atoms with Crippen LogP contribution >= 0.6 is 0 Å². The molecule has 3 rings (SSSR count). The van der Waals surface area contributed by atoms with Crippen molar-refractivity contribution in [2.45, 2.75) is 38.6 Å². The van der Waals surface area contributed by atoms with Crippen molar-refractivity contribution in [3.8, 4) is 0 Å². The van der Waals surface area contributed by atoms with Crippen molar-refractivity contribution in [1.82, 2.24) is 14.5 Å². The molecule has 4 nitrogen and oxygen atoms in total. The standard InChI is InChI=1S/C19H25N3O/c1-2-16-14-22(19(23)9-11-21-13-10-20-15-21)12-8-18(16)17-6-4-3-5-7-17/h3-7,10,13,15-16,18H,2,8-9,11-12,14H2,1H3. The first-order valence-corrected chi connectivity index (χ1v) is 8.56. The lowest BCUT2D eigenvalue weighted by atomic mass is 9.79. The maximum absolute atomic E-state index is 12.5. The summed E-state index contributed by atoms with van der Waals surface area (Å²) in [6.45, 7) is 4.71. The van der Waals surface area contributed by atoms with Crippen LogP contribution < -0.4 is 0 Å². The van der Waals surface area contributed by atoms with E-state index >= 15 is 0 Å².